The summed E-state index contributed by atoms with van der Waals surface area (Å²) >= 11 is 0. The zero-order chi connectivity index (χ0) is 26.4. The first-order valence-corrected chi connectivity index (χ1v) is 14.2. The molecule has 5 aliphatic rings. The van der Waals surface area contributed by atoms with Crippen LogP contribution in [0.25, 0.3) is 0 Å². The number of fused-ring (bicyclic) bond motifs is 7. The normalized spacial score (nSPS) is 44.4. The second-order valence-electron chi connectivity index (χ2n) is 14.2. The fourth-order valence-electron chi connectivity index (χ4n) is 10.1. The van der Waals surface area contributed by atoms with Gasteiger partial charge in [-0.05, 0) is 84.9 Å². The molecule has 1 aromatic heterocycles. The highest BCUT2D eigenvalue weighted by Crippen LogP contribution is 2.70. The van der Waals surface area contributed by atoms with Crippen LogP contribution in [0.2, 0.25) is 0 Å². The monoisotopic (exact) mass is 501 g/mol. The van der Waals surface area contributed by atoms with Crippen molar-refractivity contribution in [2.45, 2.75) is 85.5 Å². The zero-order valence-electron chi connectivity index (χ0n) is 22.6. The third-order valence-corrected chi connectivity index (χ3v) is 12.1. The van der Waals surface area contributed by atoms with Crippen molar-refractivity contribution in [2.75, 3.05) is 0 Å². The fraction of sp³-hybridized carbons (Fsp3) is 0.710. The quantitative estimate of drug-likeness (QED) is 0.485. The Morgan fingerprint density at radius 2 is 1.84 bits per heavy atom. The van der Waals surface area contributed by atoms with E-state index in [4.69, 9.17) is 0 Å². The van der Waals surface area contributed by atoms with E-state index in [1.807, 2.05) is 6.08 Å². The SMILES string of the molecule is CC1(C)CCC2(C(=O)n3ccnc3)CCC3C(C(=O)CC4C5(C)C=C(C#N)C(=O)CC5CCC34C)C2C1. The summed E-state index contributed by atoms with van der Waals surface area (Å²) in [6.07, 6.45) is 14.3. The molecule has 0 radical (unpaired) electrons. The lowest BCUT2D eigenvalue weighted by atomic mass is 9.37. The first-order valence-electron chi connectivity index (χ1n) is 14.2. The van der Waals surface area contributed by atoms with Crippen molar-refractivity contribution in [1.82, 2.24) is 9.55 Å². The number of imidazole rings is 1. The lowest BCUT2D eigenvalue weighted by Crippen LogP contribution is -2.64. The summed E-state index contributed by atoms with van der Waals surface area (Å²) in [5.41, 5.74) is -0.504. The van der Waals surface area contributed by atoms with Crippen LogP contribution in [0.3, 0.4) is 0 Å². The van der Waals surface area contributed by atoms with Gasteiger partial charge in [-0.2, -0.15) is 5.26 Å². The van der Waals surface area contributed by atoms with E-state index in [0.29, 0.717) is 18.6 Å². The number of ketones is 2. The van der Waals surface area contributed by atoms with Crippen LogP contribution in [-0.4, -0.2) is 27.0 Å². The van der Waals surface area contributed by atoms with Gasteiger partial charge in [0.2, 0.25) is 5.91 Å². The lowest BCUT2D eigenvalue weighted by Gasteiger charge is -2.66. The highest BCUT2D eigenvalue weighted by Gasteiger charge is 2.67. The number of aromatic nitrogens is 2. The van der Waals surface area contributed by atoms with Gasteiger partial charge in [0.1, 0.15) is 18.2 Å². The average Bonchev–Trinajstić information content (AvgIpc) is 3.39. The molecule has 0 amide bonds. The molecule has 0 bridgehead atoms. The Labute approximate surface area is 219 Å². The Hall–Kier alpha value is -2.55. The molecule has 8 unspecified atom stereocenters. The maximum atomic E-state index is 14.3. The average molecular weight is 502 g/mol. The van der Waals surface area contributed by atoms with Crippen LogP contribution in [0.1, 0.15) is 90.3 Å². The van der Waals surface area contributed by atoms with Crippen molar-refractivity contribution in [1.29, 1.82) is 5.26 Å². The summed E-state index contributed by atoms with van der Waals surface area (Å²) < 4.78 is 1.66. The minimum atomic E-state index is -0.511. The first kappa shape index (κ1) is 24.8. The maximum absolute atomic E-state index is 14.3. The van der Waals surface area contributed by atoms with Crippen molar-refractivity contribution in [2.24, 2.45) is 51.2 Å². The summed E-state index contributed by atoms with van der Waals surface area (Å²) in [7, 11) is 0. The molecule has 1 aromatic rings. The van der Waals surface area contributed by atoms with Gasteiger partial charge in [-0.1, -0.05) is 33.8 Å². The van der Waals surface area contributed by atoms with Crippen molar-refractivity contribution in [3.8, 4) is 6.07 Å². The van der Waals surface area contributed by atoms with Gasteiger partial charge in [0.25, 0.3) is 0 Å². The molecule has 37 heavy (non-hydrogen) atoms. The summed E-state index contributed by atoms with van der Waals surface area (Å²) in [6, 6.07) is 2.15. The molecule has 0 saturated heterocycles. The molecular weight excluding hydrogens is 462 g/mol. The molecular formula is C31H39N3O3. The van der Waals surface area contributed by atoms with Gasteiger partial charge in [0, 0.05) is 31.2 Å². The number of allylic oxidation sites excluding steroid dienone is 2. The number of carbonyl (C=O) groups excluding carboxylic acids is 3. The van der Waals surface area contributed by atoms with E-state index in [-0.39, 0.29) is 63.1 Å². The molecule has 0 aliphatic heterocycles. The van der Waals surface area contributed by atoms with Gasteiger partial charge < -0.3 is 0 Å². The van der Waals surface area contributed by atoms with Gasteiger partial charge in [-0.15, -0.1) is 0 Å². The smallest absolute Gasteiger partial charge is 0.238 e. The summed E-state index contributed by atoms with van der Waals surface area (Å²) in [4.78, 5) is 45.1. The molecule has 4 saturated carbocycles. The van der Waals surface area contributed by atoms with Crippen LogP contribution in [-0.2, 0) is 9.59 Å². The third-order valence-electron chi connectivity index (χ3n) is 12.1. The summed E-state index contributed by atoms with van der Waals surface area (Å²) in [5, 5.41) is 9.66. The van der Waals surface area contributed by atoms with Gasteiger partial charge in [0.05, 0.1) is 11.0 Å². The number of carbonyl (C=O) groups is 3. The molecule has 4 fully saturated rings. The van der Waals surface area contributed by atoms with Crippen LogP contribution in [0.5, 0.6) is 0 Å². The molecule has 196 valence electrons. The highest BCUT2D eigenvalue weighted by molar-refractivity contribution is 6.00. The van der Waals surface area contributed by atoms with Crippen LogP contribution >= 0.6 is 0 Å². The predicted molar refractivity (Wildman–Crippen MR) is 138 cm³/mol. The van der Waals surface area contributed by atoms with Gasteiger partial charge in [0.15, 0.2) is 5.78 Å². The molecule has 1 heterocycles. The summed E-state index contributed by atoms with van der Waals surface area (Å²) in [6.45, 7) is 9.17. The van der Waals surface area contributed by atoms with Gasteiger partial charge >= 0.3 is 0 Å². The number of rotatable bonds is 1. The Balaban J connectivity index is 1.42. The minimum Gasteiger partial charge on any atom is -0.299 e. The molecule has 0 aromatic carbocycles. The maximum Gasteiger partial charge on any atom is 0.238 e. The first-order chi connectivity index (χ1) is 17.4. The number of nitrogens with zero attached hydrogens (tertiary/aromatic N) is 3. The highest BCUT2D eigenvalue weighted by atomic mass is 16.2. The standard InChI is InChI=1S/C31H39N3O3/c1-28(2)9-10-31(27(37)34-12-11-33-18-34)8-6-21-26(22(31)16-28)24(36)14-25-29(21,3)7-5-20-13-23(35)19(17-32)15-30(20,25)4/h11-12,15,18,20-22,25-26H,5-10,13-14,16H2,1-4H3. The Bertz CT molecular complexity index is 1240. The molecule has 8 atom stereocenters. The second kappa shape index (κ2) is 7.98. The number of Topliss-reactive ketones (excluding diaryl/α,β-unsaturated/α-hetero) is 2. The molecule has 0 spiro atoms. The second-order valence-corrected chi connectivity index (χ2v) is 14.2. The van der Waals surface area contributed by atoms with Crippen LogP contribution in [0.15, 0.2) is 30.4 Å². The van der Waals surface area contributed by atoms with Gasteiger partial charge in [-0.3, -0.25) is 19.0 Å². The number of hydrogen-bond acceptors (Lipinski definition) is 5. The topological polar surface area (TPSA) is 92.8 Å². The van der Waals surface area contributed by atoms with E-state index in [1.165, 1.54) is 0 Å². The third kappa shape index (κ3) is 3.35. The van der Waals surface area contributed by atoms with Gasteiger partial charge in [-0.25, -0.2) is 4.98 Å². The molecule has 6 heteroatoms. The van der Waals surface area contributed by atoms with E-state index < -0.39 is 5.41 Å². The number of hydrogen-bond donors (Lipinski definition) is 0. The minimum absolute atomic E-state index is 0.0406. The Morgan fingerprint density at radius 1 is 1.05 bits per heavy atom. The fourth-order valence-corrected chi connectivity index (χ4v) is 10.1. The molecule has 6 rings (SSSR count). The van der Waals surface area contributed by atoms with Crippen molar-refractivity contribution < 1.29 is 14.4 Å². The number of nitriles is 1. The van der Waals surface area contributed by atoms with E-state index in [0.717, 1.165) is 44.9 Å². The van der Waals surface area contributed by atoms with E-state index >= 15 is 0 Å². The predicted octanol–water partition coefficient (Wildman–Crippen LogP) is 5.80. The van der Waals surface area contributed by atoms with E-state index in [2.05, 4.69) is 38.7 Å². The molecule has 0 N–H and O–H groups in total. The van der Waals surface area contributed by atoms with E-state index in [1.54, 1.807) is 23.3 Å². The van der Waals surface area contributed by atoms with Crippen LogP contribution in [0, 0.1) is 62.6 Å². The zero-order valence-corrected chi connectivity index (χ0v) is 22.6. The largest absolute Gasteiger partial charge is 0.299 e. The Kier molecular flexibility index (Phi) is 5.34. The van der Waals surface area contributed by atoms with Crippen LogP contribution < -0.4 is 0 Å². The van der Waals surface area contributed by atoms with Crippen molar-refractivity contribution in [3.05, 3.63) is 30.4 Å². The van der Waals surface area contributed by atoms with Crippen LogP contribution in [0.4, 0.5) is 0 Å². The molecule has 6 nitrogen and oxygen atoms in total. The summed E-state index contributed by atoms with van der Waals surface area (Å²) in [5.74, 6) is 0.867. The van der Waals surface area contributed by atoms with Crippen molar-refractivity contribution in [3.63, 3.8) is 0 Å². The lowest BCUT2D eigenvalue weighted by molar-refractivity contribution is -0.178. The van der Waals surface area contributed by atoms with E-state index in [9.17, 15) is 19.6 Å². The van der Waals surface area contributed by atoms with Crippen molar-refractivity contribution >= 4 is 17.5 Å². The Morgan fingerprint density at radius 3 is 2.54 bits per heavy atom. The molecule has 5 aliphatic carbocycles.